The molecular weight excluding hydrogens is 260 g/mol. The maximum Gasteiger partial charge on any atom is 0.203 e. The first-order valence-electron chi connectivity index (χ1n) is 4.73. The van der Waals surface area contributed by atoms with Crippen molar-refractivity contribution in [2.45, 2.75) is 6.42 Å². The highest BCUT2D eigenvalue weighted by atomic mass is 79.9. The highest BCUT2D eigenvalue weighted by Gasteiger charge is 2.10. The van der Waals surface area contributed by atoms with Gasteiger partial charge in [-0.25, -0.2) is 0 Å². The van der Waals surface area contributed by atoms with E-state index in [0.717, 1.165) is 11.8 Å². The topological polar surface area (TPSA) is 27.7 Å². The number of hydrogen-bond acceptors (Lipinski definition) is 3. The van der Waals surface area contributed by atoms with E-state index < -0.39 is 0 Å². The van der Waals surface area contributed by atoms with Crippen molar-refractivity contribution in [2.75, 3.05) is 26.2 Å². The molecule has 1 aromatic rings. The summed E-state index contributed by atoms with van der Waals surface area (Å²) in [5, 5.41) is 0.921. The van der Waals surface area contributed by atoms with Crippen LogP contribution in [0.15, 0.2) is 18.2 Å². The molecule has 0 aliphatic heterocycles. The summed E-state index contributed by atoms with van der Waals surface area (Å²) in [7, 11) is 3.23. The maximum absolute atomic E-state index is 5.61. The largest absolute Gasteiger partial charge is 0.493 e. The van der Waals surface area contributed by atoms with Gasteiger partial charge in [0.1, 0.15) is 0 Å². The first kappa shape index (κ1) is 12.2. The molecule has 0 bridgehead atoms. The normalized spacial score (nSPS) is 9.80. The van der Waals surface area contributed by atoms with Crippen LogP contribution in [-0.2, 0) is 0 Å². The van der Waals surface area contributed by atoms with Crippen LogP contribution in [-0.4, -0.2) is 26.2 Å². The number of ether oxygens (including phenoxy) is 3. The van der Waals surface area contributed by atoms with Gasteiger partial charge in [-0.05, 0) is 18.6 Å². The van der Waals surface area contributed by atoms with E-state index in [1.165, 1.54) is 0 Å². The zero-order valence-corrected chi connectivity index (χ0v) is 10.5. The van der Waals surface area contributed by atoms with Crippen molar-refractivity contribution in [3.63, 3.8) is 0 Å². The second-order valence-corrected chi connectivity index (χ2v) is 3.68. The zero-order chi connectivity index (χ0) is 11.1. The first-order chi connectivity index (χ1) is 7.33. The van der Waals surface area contributed by atoms with Crippen LogP contribution in [0.1, 0.15) is 6.42 Å². The van der Waals surface area contributed by atoms with E-state index in [0.29, 0.717) is 23.9 Å². The summed E-state index contributed by atoms with van der Waals surface area (Å²) in [6, 6.07) is 5.58. The Kier molecular flexibility index (Phi) is 5.32. The summed E-state index contributed by atoms with van der Waals surface area (Å²) < 4.78 is 16.0. The van der Waals surface area contributed by atoms with Gasteiger partial charge in [-0.3, -0.25) is 0 Å². The molecule has 0 amide bonds. The van der Waals surface area contributed by atoms with E-state index in [1.807, 2.05) is 18.2 Å². The van der Waals surface area contributed by atoms with Crippen LogP contribution >= 0.6 is 15.9 Å². The Morgan fingerprint density at radius 2 is 1.73 bits per heavy atom. The summed E-state index contributed by atoms with van der Waals surface area (Å²) in [5.74, 6) is 2.07. The second kappa shape index (κ2) is 6.56. The Morgan fingerprint density at radius 1 is 1.13 bits per heavy atom. The molecular formula is C11H15BrO3. The van der Waals surface area contributed by atoms with Crippen LogP contribution in [0, 0.1) is 0 Å². The Bertz CT molecular complexity index is 280. The minimum atomic E-state index is 0.641. The minimum absolute atomic E-state index is 0.641. The first-order valence-corrected chi connectivity index (χ1v) is 5.85. The van der Waals surface area contributed by atoms with Gasteiger partial charge in [0.25, 0.3) is 0 Å². The predicted octanol–water partition coefficient (Wildman–Crippen LogP) is 2.87. The van der Waals surface area contributed by atoms with Gasteiger partial charge in [-0.1, -0.05) is 22.0 Å². The van der Waals surface area contributed by atoms with Gasteiger partial charge in [0, 0.05) is 5.33 Å². The fourth-order valence-electron chi connectivity index (χ4n) is 1.19. The molecule has 0 fully saturated rings. The number of para-hydroxylation sites is 1. The summed E-state index contributed by atoms with van der Waals surface area (Å²) >= 11 is 3.35. The lowest BCUT2D eigenvalue weighted by molar-refractivity contribution is 0.276. The van der Waals surface area contributed by atoms with Crippen LogP contribution in [0.3, 0.4) is 0 Å². The quantitative estimate of drug-likeness (QED) is 0.590. The van der Waals surface area contributed by atoms with Gasteiger partial charge < -0.3 is 14.2 Å². The summed E-state index contributed by atoms with van der Waals surface area (Å²) in [4.78, 5) is 0. The Labute approximate surface area is 98.5 Å². The number of rotatable bonds is 6. The number of benzene rings is 1. The number of hydrogen-bond donors (Lipinski definition) is 0. The molecule has 0 aliphatic rings. The molecule has 3 nitrogen and oxygen atoms in total. The van der Waals surface area contributed by atoms with Crippen LogP contribution in [0.2, 0.25) is 0 Å². The van der Waals surface area contributed by atoms with Gasteiger partial charge >= 0.3 is 0 Å². The summed E-state index contributed by atoms with van der Waals surface area (Å²) in [6.07, 6.45) is 0.946. The predicted molar refractivity (Wildman–Crippen MR) is 63.5 cm³/mol. The van der Waals surface area contributed by atoms with E-state index in [1.54, 1.807) is 14.2 Å². The van der Waals surface area contributed by atoms with Gasteiger partial charge in [-0.15, -0.1) is 0 Å². The molecule has 4 heteroatoms. The SMILES string of the molecule is COc1cccc(OC)c1OCCCBr. The number of halogens is 1. The smallest absolute Gasteiger partial charge is 0.203 e. The fraction of sp³-hybridized carbons (Fsp3) is 0.455. The number of alkyl halides is 1. The molecule has 1 rings (SSSR count). The van der Waals surface area contributed by atoms with Gasteiger partial charge in [0.05, 0.1) is 20.8 Å². The lowest BCUT2D eigenvalue weighted by Crippen LogP contribution is -2.01. The van der Waals surface area contributed by atoms with Crippen LogP contribution < -0.4 is 14.2 Å². The van der Waals surface area contributed by atoms with E-state index in [4.69, 9.17) is 14.2 Å². The molecule has 84 valence electrons. The van der Waals surface area contributed by atoms with Crippen molar-refractivity contribution in [2.24, 2.45) is 0 Å². The molecule has 0 radical (unpaired) electrons. The van der Waals surface area contributed by atoms with E-state index in [2.05, 4.69) is 15.9 Å². The Hall–Kier alpha value is -0.900. The zero-order valence-electron chi connectivity index (χ0n) is 8.96. The van der Waals surface area contributed by atoms with Crippen LogP contribution in [0.5, 0.6) is 17.2 Å². The average Bonchev–Trinajstić information content (AvgIpc) is 2.29. The van der Waals surface area contributed by atoms with E-state index in [-0.39, 0.29) is 0 Å². The van der Waals surface area contributed by atoms with Crippen LogP contribution in [0.25, 0.3) is 0 Å². The third-order valence-electron chi connectivity index (χ3n) is 1.91. The molecule has 0 spiro atoms. The molecule has 0 unspecified atom stereocenters. The number of methoxy groups -OCH3 is 2. The highest BCUT2D eigenvalue weighted by Crippen LogP contribution is 2.36. The third kappa shape index (κ3) is 3.30. The average molecular weight is 275 g/mol. The Morgan fingerprint density at radius 3 is 2.20 bits per heavy atom. The molecule has 1 aromatic carbocycles. The maximum atomic E-state index is 5.61. The van der Waals surface area contributed by atoms with Crippen molar-refractivity contribution in [1.82, 2.24) is 0 Å². The van der Waals surface area contributed by atoms with Crippen molar-refractivity contribution >= 4 is 15.9 Å². The highest BCUT2D eigenvalue weighted by molar-refractivity contribution is 9.09. The molecule has 0 aliphatic carbocycles. The van der Waals surface area contributed by atoms with Crippen LogP contribution in [0.4, 0.5) is 0 Å². The molecule has 0 aromatic heterocycles. The molecule has 15 heavy (non-hydrogen) atoms. The van der Waals surface area contributed by atoms with Gasteiger partial charge in [0.2, 0.25) is 5.75 Å². The van der Waals surface area contributed by atoms with E-state index in [9.17, 15) is 0 Å². The molecule has 0 saturated heterocycles. The van der Waals surface area contributed by atoms with E-state index >= 15 is 0 Å². The third-order valence-corrected chi connectivity index (χ3v) is 2.47. The minimum Gasteiger partial charge on any atom is -0.493 e. The van der Waals surface area contributed by atoms with Gasteiger partial charge in [-0.2, -0.15) is 0 Å². The van der Waals surface area contributed by atoms with Crippen molar-refractivity contribution in [3.8, 4) is 17.2 Å². The molecule has 0 saturated carbocycles. The standard InChI is InChI=1S/C11H15BrO3/c1-13-9-5-3-6-10(14-2)11(9)15-8-4-7-12/h3,5-6H,4,7-8H2,1-2H3. The summed E-state index contributed by atoms with van der Waals surface area (Å²) in [5.41, 5.74) is 0. The molecule has 0 N–H and O–H groups in total. The van der Waals surface area contributed by atoms with Crippen molar-refractivity contribution < 1.29 is 14.2 Å². The molecule has 0 heterocycles. The monoisotopic (exact) mass is 274 g/mol. The lowest BCUT2D eigenvalue weighted by Gasteiger charge is -2.13. The fourth-order valence-corrected chi connectivity index (χ4v) is 1.42. The Balaban J connectivity index is 2.80. The lowest BCUT2D eigenvalue weighted by atomic mass is 10.3. The molecule has 0 atom stereocenters. The van der Waals surface area contributed by atoms with Crippen molar-refractivity contribution in [3.05, 3.63) is 18.2 Å². The van der Waals surface area contributed by atoms with Gasteiger partial charge in [0.15, 0.2) is 11.5 Å². The second-order valence-electron chi connectivity index (χ2n) is 2.88. The summed E-state index contributed by atoms with van der Waals surface area (Å²) in [6.45, 7) is 0.641. The van der Waals surface area contributed by atoms with Crippen molar-refractivity contribution in [1.29, 1.82) is 0 Å².